The molecule has 3 aromatic heterocycles. The second-order valence-corrected chi connectivity index (χ2v) is 7.33. The number of nitrogens with zero attached hydrogens (tertiary/aromatic N) is 4. The molecule has 0 unspecified atom stereocenters. The summed E-state index contributed by atoms with van der Waals surface area (Å²) in [7, 11) is 1.64. The van der Waals surface area contributed by atoms with Gasteiger partial charge < -0.3 is 5.32 Å². The van der Waals surface area contributed by atoms with Crippen LogP contribution in [0.4, 0.5) is 0 Å². The Hall–Kier alpha value is -3.54. The molecule has 0 aliphatic carbocycles. The molecule has 0 atom stereocenters. The Kier molecular flexibility index (Phi) is 4.12. The number of benzene rings is 1. The maximum absolute atomic E-state index is 12.2. The van der Waals surface area contributed by atoms with Crippen molar-refractivity contribution in [3.63, 3.8) is 0 Å². The van der Waals surface area contributed by atoms with Gasteiger partial charge in [-0.15, -0.1) is 0 Å². The largest absolute Gasteiger partial charge is 0.355 e. The zero-order valence-electron chi connectivity index (χ0n) is 16.4. The van der Waals surface area contributed by atoms with E-state index in [1.165, 1.54) is 5.69 Å². The number of fused-ring (bicyclic) bond motifs is 2. The molecule has 0 spiro atoms. The van der Waals surface area contributed by atoms with Gasteiger partial charge in [0.05, 0.1) is 11.2 Å². The molecule has 0 saturated carbocycles. The van der Waals surface area contributed by atoms with Crippen molar-refractivity contribution in [2.24, 2.45) is 0 Å². The number of aromatic nitrogens is 4. The van der Waals surface area contributed by atoms with Crippen molar-refractivity contribution in [1.82, 2.24) is 25.1 Å². The van der Waals surface area contributed by atoms with Crippen LogP contribution in [-0.4, -0.2) is 32.7 Å². The third-order valence-electron chi connectivity index (χ3n) is 5.47. The SMILES string of the molecule is CNC(=O)c1ccc2nccc(-c3c(-c4cccc(C)n4)nn4c3CCC4)c2c1. The summed E-state index contributed by atoms with van der Waals surface area (Å²) in [4.78, 5) is 21.4. The van der Waals surface area contributed by atoms with Crippen LogP contribution < -0.4 is 5.32 Å². The second-order valence-electron chi connectivity index (χ2n) is 7.33. The van der Waals surface area contributed by atoms with Gasteiger partial charge in [0.25, 0.3) is 5.91 Å². The predicted molar refractivity (Wildman–Crippen MR) is 113 cm³/mol. The van der Waals surface area contributed by atoms with Gasteiger partial charge in [0.1, 0.15) is 5.69 Å². The molecule has 0 fully saturated rings. The van der Waals surface area contributed by atoms with Gasteiger partial charge in [-0.3, -0.25) is 19.4 Å². The number of hydrogen-bond acceptors (Lipinski definition) is 4. The predicted octanol–water partition coefficient (Wildman–Crippen LogP) is 3.77. The molecule has 29 heavy (non-hydrogen) atoms. The van der Waals surface area contributed by atoms with E-state index in [4.69, 9.17) is 10.1 Å². The molecule has 4 heterocycles. The lowest BCUT2D eigenvalue weighted by Crippen LogP contribution is -2.17. The van der Waals surface area contributed by atoms with E-state index in [0.29, 0.717) is 5.56 Å². The molecule has 1 aromatic carbocycles. The first-order valence-corrected chi connectivity index (χ1v) is 9.80. The van der Waals surface area contributed by atoms with Crippen molar-refractivity contribution in [2.75, 3.05) is 7.05 Å². The van der Waals surface area contributed by atoms with Crippen LogP contribution in [0.3, 0.4) is 0 Å². The van der Waals surface area contributed by atoms with Crippen molar-refractivity contribution < 1.29 is 4.79 Å². The normalized spacial score (nSPS) is 12.9. The number of nitrogens with one attached hydrogen (secondary N) is 1. The van der Waals surface area contributed by atoms with Gasteiger partial charge in [-0.05, 0) is 61.7 Å². The van der Waals surface area contributed by atoms with E-state index in [0.717, 1.165) is 58.5 Å². The molecule has 5 rings (SSSR count). The number of hydrogen-bond donors (Lipinski definition) is 1. The fraction of sp³-hybridized carbons (Fsp3) is 0.217. The van der Waals surface area contributed by atoms with Crippen LogP contribution in [-0.2, 0) is 13.0 Å². The van der Waals surface area contributed by atoms with Gasteiger partial charge in [-0.2, -0.15) is 5.10 Å². The fourth-order valence-corrected chi connectivity index (χ4v) is 4.12. The van der Waals surface area contributed by atoms with Gasteiger partial charge in [0, 0.05) is 47.7 Å². The highest BCUT2D eigenvalue weighted by Gasteiger charge is 2.25. The first kappa shape index (κ1) is 17.6. The van der Waals surface area contributed by atoms with Crippen molar-refractivity contribution in [1.29, 1.82) is 0 Å². The minimum atomic E-state index is -0.109. The molecular weight excluding hydrogens is 362 g/mol. The smallest absolute Gasteiger partial charge is 0.251 e. The molecule has 1 aliphatic heterocycles. The molecule has 1 amide bonds. The minimum absolute atomic E-state index is 0.109. The molecule has 6 heteroatoms. The summed E-state index contributed by atoms with van der Waals surface area (Å²) in [5.41, 5.74) is 7.56. The molecule has 1 aliphatic rings. The topological polar surface area (TPSA) is 72.7 Å². The Balaban J connectivity index is 1.80. The van der Waals surface area contributed by atoms with Crippen LogP contribution in [0.5, 0.6) is 0 Å². The highest BCUT2D eigenvalue weighted by Crippen LogP contribution is 2.39. The maximum atomic E-state index is 12.2. The monoisotopic (exact) mass is 383 g/mol. The first-order valence-electron chi connectivity index (χ1n) is 9.80. The number of carbonyl (C=O) groups excluding carboxylic acids is 1. The summed E-state index contributed by atoms with van der Waals surface area (Å²) in [6.07, 6.45) is 3.89. The van der Waals surface area contributed by atoms with E-state index < -0.39 is 0 Å². The molecule has 0 radical (unpaired) electrons. The molecule has 144 valence electrons. The maximum Gasteiger partial charge on any atom is 0.251 e. The summed E-state index contributed by atoms with van der Waals surface area (Å²) >= 11 is 0. The van der Waals surface area contributed by atoms with Gasteiger partial charge in [-0.25, -0.2) is 0 Å². The third-order valence-corrected chi connectivity index (χ3v) is 5.47. The zero-order valence-corrected chi connectivity index (χ0v) is 16.4. The number of amides is 1. The Morgan fingerprint density at radius 1 is 1.17 bits per heavy atom. The van der Waals surface area contributed by atoms with Crippen molar-refractivity contribution >= 4 is 16.8 Å². The van der Waals surface area contributed by atoms with E-state index in [1.807, 2.05) is 55.6 Å². The highest BCUT2D eigenvalue weighted by atomic mass is 16.1. The fourth-order valence-electron chi connectivity index (χ4n) is 4.12. The summed E-state index contributed by atoms with van der Waals surface area (Å²) in [6, 6.07) is 13.7. The molecule has 1 N–H and O–H groups in total. The Morgan fingerprint density at radius 3 is 2.90 bits per heavy atom. The van der Waals surface area contributed by atoms with Crippen LogP contribution >= 0.6 is 0 Å². The second kappa shape index (κ2) is 6.81. The van der Waals surface area contributed by atoms with Crippen LogP contribution in [0, 0.1) is 6.92 Å². The number of pyridine rings is 2. The minimum Gasteiger partial charge on any atom is -0.355 e. The molecule has 4 aromatic rings. The van der Waals surface area contributed by atoms with Crippen molar-refractivity contribution in [2.45, 2.75) is 26.3 Å². The van der Waals surface area contributed by atoms with Gasteiger partial charge in [0.15, 0.2) is 0 Å². The summed E-state index contributed by atoms with van der Waals surface area (Å²) in [5, 5.41) is 8.56. The number of rotatable bonds is 3. The van der Waals surface area contributed by atoms with E-state index in [1.54, 1.807) is 7.05 Å². The van der Waals surface area contributed by atoms with Gasteiger partial charge in [0.2, 0.25) is 0 Å². The lowest BCUT2D eigenvalue weighted by Gasteiger charge is -2.10. The highest BCUT2D eigenvalue weighted by molar-refractivity contribution is 6.03. The van der Waals surface area contributed by atoms with Crippen LogP contribution in [0.1, 0.15) is 28.2 Å². The van der Waals surface area contributed by atoms with Crippen molar-refractivity contribution in [3.8, 4) is 22.5 Å². The number of carbonyl (C=O) groups is 1. The van der Waals surface area contributed by atoms with Crippen LogP contribution in [0.25, 0.3) is 33.4 Å². The Bertz CT molecular complexity index is 1260. The van der Waals surface area contributed by atoms with E-state index in [2.05, 4.69) is 15.0 Å². The van der Waals surface area contributed by atoms with Gasteiger partial charge >= 0.3 is 0 Å². The molecule has 6 nitrogen and oxygen atoms in total. The summed E-state index contributed by atoms with van der Waals surface area (Å²) < 4.78 is 2.10. The molecular formula is C23H21N5O. The molecule has 0 saturated heterocycles. The number of aryl methyl sites for hydroxylation is 2. The third kappa shape index (κ3) is 2.88. The van der Waals surface area contributed by atoms with E-state index >= 15 is 0 Å². The summed E-state index contributed by atoms with van der Waals surface area (Å²) in [5.74, 6) is -0.109. The average Bonchev–Trinajstić information content (AvgIpc) is 3.34. The van der Waals surface area contributed by atoms with Gasteiger partial charge in [-0.1, -0.05) is 6.07 Å². The van der Waals surface area contributed by atoms with Crippen LogP contribution in [0.2, 0.25) is 0 Å². The standard InChI is InChI=1S/C23H21N5O/c1-14-5-3-6-19(26-14)22-21(20-7-4-12-28(20)27-22)16-10-11-25-18-9-8-15(13-17(16)18)23(29)24-2/h3,5-6,8-11,13H,4,7,12H2,1-2H3,(H,24,29). The molecule has 0 bridgehead atoms. The Morgan fingerprint density at radius 2 is 2.07 bits per heavy atom. The summed E-state index contributed by atoms with van der Waals surface area (Å²) in [6.45, 7) is 2.91. The average molecular weight is 383 g/mol. The quantitative estimate of drug-likeness (QED) is 0.584. The lowest BCUT2D eigenvalue weighted by molar-refractivity contribution is 0.0963. The van der Waals surface area contributed by atoms with E-state index in [-0.39, 0.29) is 5.91 Å². The Labute approximate surface area is 168 Å². The zero-order chi connectivity index (χ0) is 20.0. The van der Waals surface area contributed by atoms with E-state index in [9.17, 15) is 4.79 Å². The van der Waals surface area contributed by atoms with Crippen LogP contribution in [0.15, 0.2) is 48.7 Å². The lowest BCUT2D eigenvalue weighted by atomic mass is 9.95. The first-order chi connectivity index (χ1) is 14.2. The van der Waals surface area contributed by atoms with Crippen molar-refractivity contribution in [3.05, 3.63) is 65.6 Å².